The fourth-order valence-corrected chi connectivity index (χ4v) is 1.96. The van der Waals surface area contributed by atoms with Gasteiger partial charge in [0, 0.05) is 23.6 Å². The lowest BCUT2D eigenvalue weighted by Gasteiger charge is -2.20. The first-order valence-electron chi connectivity index (χ1n) is 6.01. The number of pyridine rings is 1. The number of hydrogen-bond donors (Lipinski definition) is 2. The van der Waals surface area contributed by atoms with Gasteiger partial charge in [0.05, 0.1) is 6.04 Å². The van der Waals surface area contributed by atoms with Crippen LogP contribution in [-0.4, -0.2) is 11.5 Å². The number of hydrogen-bond acceptors (Lipinski definition) is 3. The number of nitrogens with one attached hydrogen (secondary N) is 1. The summed E-state index contributed by atoms with van der Waals surface area (Å²) in [6.07, 6.45) is 3.22. The van der Waals surface area contributed by atoms with Crippen LogP contribution >= 0.6 is 0 Å². The Hall–Kier alpha value is -2.01. The number of nitrogens with zero attached hydrogens (tertiary/aromatic N) is 1. The number of anilines is 1. The molecule has 3 N–H and O–H groups in total. The van der Waals surface area contributed by atoms with Crippen LogP contribution < -0.4 is 11.1 Å². The second-order valence-electron chi connectivity index (χ2n) is 4.17. The van der Waals surface area contributed by atoms with Gasteiger partial charge in [0.1, 0.15) is 0 Å². The summed E-state index contributed by atoms with van der Waals surface area (Å²) in [7, 11) is 0. The second kappa shape index (κ2) is 5.75. The Morgan fingerprint density at radius 1 is 1.26 bits per heavy atom. The molecule has 0 radical (unpaired) electrons. The molecule has 1 heterocycles. The summed E-state index contributed by atoms with van der Waals surface area (Å²) in [5.41, 5.74) is 7.83. The smallest absolute Gasteiger partial charge is 0.159 e. The second-order valence-corrected chi connectivity index (χ2v) is 4.17. The molecule has 100 valence electrons. The predicted molar refractivity (Wildman–Crippen MR) is 70.5 cm³/mol. The number of rotatable bonds is 4. The standard InChI is InChI=1S/C14H15F2N3/c1-2-19-14(10-8-18-6-5-13(10)17)9-3-4-11(15)12(16)7-9/h3-8,14,19H,2H2,1H3,(H2,17,18). The molecule has 0 aliphatic rings. The first-order chi connectivity index (χ1) is 9.13. The Labute approximate surface area is 110 Å². The largest absolute Gasteiger partial charge is 0.398 e. The molecular formula is C14H15F2N3. The summed E-state index contributed by atoms with van der Waals surface area (Å²) in [5, 5.41) is 3.19. The van der Waals surface area contributed by atoms with Gasteiger partial charge < -0.3 is 11.1 Å². The number of nitrogens with two attached hydrogens (primary N) is 1. The average Bonchev–Trinajstić information content (AvgIpc) is 2.40. The fourth-order valence-electron chi connectivity index (χ4n) is 1.96. The molecule has 0 aliphatic heterocycles. The highest BCUT2D eigenvalue weighted by molar-refractivity contribution is 5.49. The van der Waals surface area contributed by atoms with Crippen LogP contribution in [0.25, 0.3) is 0 Å². The fraction of sp³-hybridized carbons (Fsp3) is 0.214. The highest BCUT2D eigenvalue weighted by Gasteiger charge is 2.17. The maximum atomic E-state index is 13.3. The van der Waals surface area contributed by atoms with Gasteiger partial charge >= 0.3 is 0 Å². The minimum atomic E-state index is -0.872. The van der Waals surface area contributed by atoms with E-state index in [0.717, 1.165) is 11.6 Å². The van der Waals surface area contributed by atoms with Crippen molar-refractivity contribution in [2.24, 2.45) is 0 Å². The molecule has 0 saturated heterocycles. The molecular weight excluding hydrogens is 248 g/mol. The Morgan fingerprint density at radius 2 is 2.05 bits per heavy atom. The molecule has 1 aromatic carbocycles. The third-order valence-electron chi connectivity index (χ3n) is 2.88. The third kappa shape index (κ3) is 2.88. The minimum Gasteiger partial charge on any atom is -0.398 e. The molecule has 19 heavy (non-hydrogen) atoms. The van der Waals surface area contributed by atoms with Gasteiger partial charge in [-0.3, -0.25) is 4.98 Å². The SMILES string of the molecule is CCNC(c1ccc(F)c(F)c1)c1cnccc1N. The van der Waals surface area contributed by atoms with Crippen molar-refractivity contribution in [1.29, 1.82) is 0 Å². The van der Waals surface area contributed by atoms with Crippen molar-refractivity contribution in [3.63, 3.8) is 0 Å². The average molecular weight is 263 g/mol. The van der Waals surface area contributed by atoms with Crippen LogP contribution in [0.3, 0.4) is 0 Å². The van der Waals surface area contributed by atoms with Gasteiger partial charge in [-0.15, -0.1) is 0 Å². The molecule has 1 aromatic heterocycles. The highest BCUT2D eigenvalue weighted by Crippen LogP contribution is 2.26. The summed E-state index contributed by atoms with van der Waals surface area (Å²) in [6, 6.07) is 5.20. The Kier molecular flexibility index (Phi) is 4.06. The number of aromatic nitrogens is 1. The molecule has 0 bridgehead atoms. The number of nitrogen functional groups attached to an aromatic ring is 1. The Morgan fingerprint density at radius 3 is 2.68 bits per heavy atom. The molecule has 1 unspecified atom stereocenters. The van der Waals surface area contributed by atoms with E-state index in [9.17, 15) is 8.78 Å². The van der Waals surface area contributed by atoms with Gasteiger partial charge in [-0.05, 0) is 30.3 Å². The van der Waals surface area contributed by atoms with Crippen LogP contribution in [0, 0.1) is 11.6 Å². The van der Waals surface area contributed by atoms with Crippen LogP contribution in [0.15, 0.2) is 36.7 Å². The molecule has 5 heteroatoms. The maximum absolute atomic E-state index is 13.3. The molecule has 3 nitrogen and oxygen atoms in total. The van der Waals surface area contributed by atoms with E-state index in [1.54, 1.807) is 18.5 Å². The zero-order valence-corrected chi connectivity index (χ0v) is 10.5. The van der Waals surface area contributed by atoms with Gasteiger partial charge in [-0.25, -0.2) is 8.78 Å². The molecule has 2 rings (SSSR count). The van der Waals surface area contributed by atoms with Crippen molar-refractivity contribution in [2.45, 2.75) is 13.0 Å². The Bertz CT molecular complexity index is 572. The van der Waals surface area contributed by atoms with Gasteiger partial charge in [0.25, 0.3) is 0 Å². The summed E-state index contributed by atoms with van der Waals surface area (Å²) in [6.45, 7) is 2.59. The lowest BCUT2D eigenvalue weighted by atomic mass is 9.98. The van der Waals surface area contributed by atoms with E-state index in [2.05, 4.69) is 10.3 Å². The summed E-state index contributed by atoms with van der Waals surface area (Å²) in [5.74, 6) is -1.74. The molecule has 0 amide bonds. The first kappa shape index (κ1) is 13.4. The maximum Gasteiger partial charge on any atom is 0.159 e. The Balaban J connectivity index is 2.45. The van der Waals surface area contributed by atoms with Crippen LogP contribution in [0.4, 0.5) is 14.5 Å². The van der Waals surface area contributed by atoms with Crippen molar-refractivity contribution >= 4 is 5.69 Å². The topological polar surface area (TPSA) is 50.9 Å². The van der Waals surface area contributed by atoms with Gasteiger partial charge in [-0.2, -0.15) is 0 Å². The van der Waals surface area contributed by atoms with Gasteiger partial charge in [0.2, 0.25) is 0 Å². The van der Waals surface area contributed by atoms with Crippen LogP contribution in [-0.2, 0) is 0 Å². The quantitative estimate of drug-likeness (QED) is 0.891. The van der Waals surface area contributed by atoms with E-state index in [1.807, 2.05) is 6.92 Å². The van der Waals surface area contributed by atoms with E-state index in [1.165, 1.54) is 12.1 Å². The normalized spacial score (nSPS) is 12.4. The van der Waals surface area contributed by atoms with Crippen LogP contribution in [0.1, 0.15) is 24.1 Å². The van der Waals surface area contributed by atoms with E-state index < -0.39 is 11.6 Å². The monoisotopic (exact) mass is 263 g/mol. The lowest BCUT2D eigenvalue weighted by molar-refractivity contribution is 0.504. The molecule has 0 aliphatic carbocycles. The number of halogens is 2. The number of benzene rings is 1. The third-order valence-corrected chi connectivity index (χ3v) is 2.88. The van der Waals surface area contributed by atoms with Crippen molar-refractivity contribution in [2.75, 3.05) is 12.3 Å². The molecule has 2 aromatic rings. The summed E-state index contributed by atoms with van der Waals surface area (Å²) < 4.78 is 26.3. The van der Waals surface area contributed by atoms with Gasteiger partial charge in [0.15, 0.2) is 11.6 Å². The highest BCUT2D eigenvalue weighted by atomic mass is 19.2. The van der Waals surface area contributed by atoms with Crippen molar-refractivity contribution in [3.05, 3.63) is 59.4 Å². The van der Waals surface area contributed by atoms with E-state index >= 15 is 0 Å². The zero-order chi connectivity index (χ0) is 13.8. The van der Waals surface area contributed by atoms with E-state index in [0.29, 0.717) is 17.8 Å². The molecule has 1 atom stereocenters. The summed E-state index contributed by atoms with van der Waals surface area (Å²) in [4.78, 5) is 4.03. The van der Waals surface area contributed by atoms with Crippen LogP contribution in [0.5, 0.6) is 0 Å². The predicted octanol–water partition coefficient (Wildman–Crippen LogP) is 2.64. The van der Waals surface area contributed by atoms with Gasteiger partial charge in [-0.1, -0.05) is 13.0 Å². The van der Waals surface area contributed by atoms with E-state index in [-0.39, 0.29) is 6.04 Å². The molecule has 0 spiro atoms. The minimum absolute atomic E-state index is 0.311. The zero-order valence-electron chi connectivity index (χ0n) is 10.5. The molecule has 0 fully saturated rings. The summed E-state index contributed by atoms with van der Waals surface area (Å²) >= 11 is 0. The van der Waals surface area contributed by atoms with E-state index in [4.69, 9.17) is 5.73 Å². The van der Waals surface area contributed by atoms with Crippen molar-refractivity contribution in [1.82, 2.24) is 10.3 Å². The van der Waals surface area contributed by atoms with Crippen LogP contribution in [0.2, 0.25) is 0 Å². The first-order valence-corrected chi connectivity index (χ1v) is 6.01. The van der Waals surface area contributed by atoms with Crippen molar-refractivity contribution in [3.8, 4) is 0 Å². The van der Waals surface area contributed by atoms with Crippen molar-refractivity contribution < 1.29 is 8.78 Å². The lowest BCUT2D eigenvalue weighted by Crippen LogP contribution is -2.23. The molecule has 0 saturated carbocycles.